The Hall–Kier alpha value is -2.80. The topological polar surface area (TPSA) is 113 Å². The van der Waals surface area contributed by atoms with E-state index < -0.39 is 16.8 Å². The number of fused-ring (bicyclic) bond motifs is 7. The molecule has 0 aliphatic heterocycles. The molecule has 0 bridgehead atoms. The first-order chi connectivity index (χ1) is 22.0. The van der Waals surface area contributed by atoms with Crippen molar-refractivity contribution in [3.63, 3.8) is 0 Å². The number of hydrogen-bond donors (Lipinski definition) is 3. The van der Waals surface area contributed by atoms with Crippen LogP contribution in [0, 0.1) is 50.2 Å². The number of carbonyl (C=O) groups is 2. The molecule has 4 saturated carbocycles. The van der Waals surface area contributed by atoms with E-state index in [9.17, 15) is 24.9 Å². The van der Waals surface area contributed by atoms with Crippen LogP contribution in [0.5, 0.6) is 11.5 Å². The van der Waals surface area contributed by atoms with Crippen LogP contribution in [0.3, 0.4) is 0 Å². The number of carbonyl (C=O) groups excluding carboxylic acids is 2. The molecule has 4 fully saturated rings. The number of benzene rings is 1. The lowest BCUT2D eigenvalue weighted by Crippen LogP contribution is -2.66. The van der Waals surface area contributed by atoms with Crippen molar-refractivity contribution in [1.29, 1.82) is 0 Å². The largest absolute Gasteiger partial charge is 0.504 e. The number of methoxy groups -OCH3 is 1. The molecule has 0 heterocycles. The maximum atomic E-state index is 13.7. The van der Waals surface area contributed by atoms with Crippen LogP contribution in [0.4, 0.5) is 0 Å². The molecule has 0 unspecified atom stereocenters. The third kappa shape index (κ3) is 5.08. The second kappa shape index (κ2) is 11.4. The minimum absolute atomic E-state index is 0.0228. The molecule has 8 atom stereocenters. The number of aromatic hydroxyl groups is 2. The van der Waals surface area contributed by atoms with E-state index in [1.54, 1.807) is 12.1 Å². The summed E-state index contributed by atoms with van der Waals surface area (Å²) in [6.45, 7) is 14.3. The summed E-state index contributed by atoms with van der Waals surface area (Å²) in [6.07, 6.45) is 14.0. The average Bonchev–Trinajstić information content (AvgIpc) is 3.02. The van der Waals surface area contributed by atoms with Crippen LogP contribution in [-0.2, 0) is 19.1 Å². The van der Waals surface area contributed by atoms with Gasteiger partial charge in [0.1, 0.15) is 6.61 Å². The van der Waals surface area contributed by atoms with Gasteiger partial charge in [-0.1, -0.05) is 59.3 Å². The molecule has 0 saturated heterocycles. The first kappa shape index (κ1) is 34.1. The lowest BCUT2D eigenvalue weighted by atomic mass is 9.33. The van der Waals surface area contributed by atoms with Gasteiger partial charge in [-0.2, -0.15) is 0 Å². The summed E-state index contributed by atoms with van der Waals surface area (Å²) in [4.78, 5) is 27.2. The first-order valence-corrected chi connectivity index (χ1v) is 17.8. The van der Waals surface area contributed by atoms with Crippen LogP contribution in [0.1, 0.15) is 111 Å². The van der Waals surface area contributed by atoms with Crippen molar-refractivity contribution in [2.24, 2.45) is 50.2 Å². The summed E-state index contributed by atoms with van der Waals surface area (Å²) in [5.41, 5.74) is 0.649. The van der Waals surface area contributed by atoms with Gasteiger partial charge in [-0.05, 0) is 127 Å². The van der Waals surface area contributed by atoms with Crippen molar-refractivity contribution < 1.29 is 34.4 Å². The molecule has 3 N–H and O–H groups in total. The van der Waals surface area contributed by atoms with Gasteiger partial charge in [-0.15, -0.1) is 0 Å². The molecule has 0 amide bonds. The summed E-state index contributed by atoms with van der Waals surface area (Å²) in [5, 5.41) is 30.7. The zero-order valence-corrected chi connectivity index (χ0v) is 29.5. The van der Waals surface area contributed by atoms with Crippen LogP contribution >= 0.6 is 0 Å². The Labute approximate surface area is 280 Å². The monoisotopic (exact) mass is 648 g/mol. The summed E-state index contributed by atoms with van der Waals surface area (Å²) >= 11 is 0. The zero-order valence-electron chi connectivity index (χ0n) is 29.5. The van der Waals surface area contributed by atoms with E-state index in [0.717, 1.165) is 57.8 Å². The number of aliphatic hydroxyl groups is 1. The molecule has 6 rings (SSSR count). The van der Waals surface area contributed by atoms with Gasteiger partial charge in [0.25, 0.3) is 0 Å². The van der Waals surface area contributed by atoms with Crippen molar-refractivity contribution in [3.05, 3.63) is 41.5 Å². The highest BCUT2D eigenvalue weighted by molar-refractivity contribution is 5.87. The molecule has 0 aromatic heterocycles. The Morgan fingerprint density at radius 1 is 0.915 bits per heavy atom. The van der Waals surface area contributed by atoms with Crippen molar-refractivity contribution in [2.75, 3.05) is 13.7 Å². The summed E-state index contributed by atoms with van der Waals surface area (Å²) in [7, 11) is 1.52. The van der Waals surface area contributed by atoms with Gasteiger partial charge in [0.05, 0.1) is 18.6 Å². The van der Waals surface area contributed by atoms with Gasteiger partial charge in [-0.25, -0.2) is 4.79 Å². The predicted octanol–water partition coefficient (Wildman–Crippen LogP) is 7.97. The normalized spacial score (nSPS) is 40.2. The standard InChI is InChI=1S/C40H56O7/c1-35(2)18-19-39(34(45)46-7)20-21-40(24-47-33(44)13-9-25-8-11-28(41)29(42)22-25)26(27(39)23-35)10-12-31-37(5)16-15-32(43)36(3,4)30(37)14-17-38(31,40)6/h8-11,13,22,27,30-32,41-43H,12,14-21,23-24H2,1-7H3/b13-9+/t27-,30-,31+,32-,37-,38+,39-,40-/m0/s1. The van der Waals surface area contributed by atoms with Gasteiger partial charge >= 0.3 is 11.9 Å². The van der Waals surface area contributed by atoms with E-state index in [-0.39, 0.29) is 57.8 Å². The SMILES string of the molecule is COC(=O)[C@]12CCC(C)(C)C[C@H]1C1=CC[C@@H]3[C@@]4(C)CC[C@H](O)C(C)(C)[C@@H]4CC[C@@]3(C)[C@]1(COC(=O)/C=C/c1ccc(O)c(O)c1)CC2. The number of rotatable bonds is 5. The van der Waals surface area contributed by atoms with E-state index >= 15 is 0 Å². The zero-order chi connectivity index (χ0) is 34.2. The van der Waals surface area contributed by atoms with Crippen LogP contribution < -0.4 is 0 Å². The van der Waals surface area contributed by atoms with Crippen molar-refractivity contribution >= 4 is 18.0 Å². The fraction of sp³-hybridized carbons (Fsp3) is 0.700. The van der Waals surface area contributed by atoms with Crippen molar-refractivity contribution in [2.45, 2.75) is 112 Å². The molecule has 5 aliphatic rings. The third-order valence-electron chi connectivity index (χ3n) is 14.8. The highest BCUT2D eigenvalue weighted by atomic mass is 16.5. The number of hydrogen-bond acceptors (Lipinski definition) is 7. The van der Waals surface area contributed by atoms with Crippen LogP contribution in [-0.4, -0.2) is 47.1 Å². The summed E-state index contributed by atoms with van der Waals surface area (Å²) in [6, 6.07) is 4.43. The highest BCUT2D eigenvalue weighted by Gasteiger charge is 2.71. The molecule has 7 nitrogen and oxygen atoms in total. The van der Waals surface area contributed by atoms with E-state index in [2.05, 4.69) is 47.6 Å². The summed E-state index contributed by atoms with van der Waals surface area (Å²) in [5.74, 6) is -0.251. The predicted molar refractivity (Wildman–Crippen MR) is 181 cm³/mol. The second-order valence-electron chi connectivity index (χ2n) is 17.7. The lowest BCUT2D eigenvalue weighted by molar-refractivity contribution is -0.217. The van der Waals surface area contributed by atoms with Gasteiger partial charge in [-0.3, -0.25) is 4.79 Å². The van der Waals surface area contributed by atoms with E-state index in [0.29, 0.717) is 23.8 Å². The van der Waals surface area contributed by atoms with E-state index in [1.165, 1.54) is 30.9 Å². The number of esters is 2. The molecule has 1 aromatic rings. The fourth-order valence-electron chi connectivity index (χ4n) is 12.0. The Morgan fingerprint density at radius 3 is 2.34 bits per heavy atom. The molecule has 0 radical (unpaired) electrons. The Morgan fingerprint density at radius 2 is 1.64 bits per heavy atom. The number of phenols is 2. The molecule has 5 aliphatic carbocycles. The van der Waals surface area contributed by atoms with Crippen molar-refractivity contribution in [1.82, 2.24) is 0 Å². The third-order valence-corrected chi connectivity index (χ3v) is 14.8. The lowest BCUT2D eigenvalue weighted by Gasteiger charge is -2.71. The molecule has 47 heavy (non-hydrogen) atoms. The summed E-state index contributed by atoms with van der Waals surface area (Å²) < 4.78 is 11.8. The molecule has 258 valence electrons. The van der Waals surface area contributed by atoms with E-state index in [4.69, 9.17) is 9.47 Å². The molecule has 0 spiro atoms. The van der Waals surface area contributed by atoms with Crippen molar-refractivity contribution in [3.8, 4) is 11.5 Å². The second-order valence-corrected chi connectivity index (χ2v) is 17.7. The Balaban J connectivity index is 1.41. The minimum Gasteiger partial charge on any atom is -0.504 e. The van der Waals surface area contributed by atoms with Gasteiger partial charge < -0.3 is 24.8 Å². The number of ether oxygens (including phenoxy) is 2. The van der Waals surface area contributed by atoms with Crippen LogP contribution in [0.25, 0.3) is 6.08 Å². The first-order valence-electron chi connectivity index (χ1n) is 17.8. The quantitative estimate of drug-likeness (QED) is 0.128. The highest BCUT2D eigenvalue weighted by Crippen LogP contribution is 2.76. The van der Waals surface area contributed by atoms with Gasteiger partial charge in [0, 0.05) is 11.5 Å². The number of aliphatic hydroxyl groups excluding tert-OH is 1. The number of allylic oxidation sites excluding steroid dienone is 1. The minimum atomic E-state index is -0.564. The van der Waals surface area contributed by atoms with Gasteiger partial charge in [0.2, 0.25) is 0 Å². The smallest absolute Gasteiger partial charge is 0.330 e. The Kier molecular flexibility index (Phi) is 8.26. The maximum absolute atomic E-state index is 13.7. The average molecular weight is 649 g/mol. The fourth-order valence-corrected chi connectivity index (χ4v) is 12.0. The van der Waals surface area contributed by atoms with Crippen LogP contribution in [0.15, 0.2) is 35.9 Å². The molecule has 7 heteroatoms. The molecular formula is C40H56O7. The molecular weight excluding hydrogens is 592 g/mol. The number of phenolic OH excluding ortho intramolecular Hbond substituents is 2. The van der Waals surface area contributed by atoms with Crippen LogP contribution in [0.2, 0.25) is 0 Å². The van der Waals surface area contributed by atoms with E-state index in [1.807, 2.05) is 0 Å². The Bertz CT molecular complexity index is 1490. The molecule has 1 aromatic carbocycles. The maximum Gasteiger partial charge on any atom is 0.330 e. The van der Waals surface area contributed by atoms with Gasteiger partial charge in [0.15, 0.2) is 11.5 Å².